The Morgan fingerprint density at radius 2 is 2.00 bits per heavy atom. The molecule has 0 rings (SSSR count). The average Bonchev–Trinajstić information content (AvgIpc) is 2.15. The molecule has 0 saturated carbocycles. The van der Waals surface area contributed by atoms with Gasteiger partial charge in [-0.2, -0.15) is 0 Å². The maximum Gasteiger partial charge on any atom is 0.236 e. The summed E-state index contributed by atoms with van der Waals surface area (Å²) in [7, 11) is 1.57. The van der Waals surface area contributed by atoms with Crippen LogP contribution >= 0.6 is 0 Å². The van der Waals surface area contributed by atoms with Crippen LogP contribution in [0, 0.1) is 0 Å². The first-order valence-electron chi connectivity index (χ1n) is 4.33. The highest BCUT2D eigenvalue weighted by molar-refractivity contribution is 5.81. The minimum atomic E-state index is -0.290. The molecule has 0 aromatic heterocycles. The first-order valence-corrected chi connectivity index (χ1v) is 4.33. The molecule has 0 aromatic rings. The highest BCUT2D eigenvalue weighted by Crippen LogP contribution is 1.79. The molecule has 5 nitrogen and oxygen atoms in total. The van der Waals surface area contributed by atoms with Gasteiger partial charge in [0.05, 0.1) is 12.7 Å². The van der Waals surface area contributed by atoms with Crippen LogP contribution in [-0.2, 0) is 9.59 Å². The molecule has 0 radical (unpaired) electrons. The Bertz CT molecular complexity index is 182. The molecule has 0 aromatic carbocycles. The van der Waals surface area contributed by atoms with Gasteiger partial charge in [0.2, 0.25) is 11.8 Å². The first-order chi connectivity index (χ1) is 6.11. The summed E-state index contributed by atoms with van der Waals surface area (Å²) in [6, 6.07) is -0.290. The minimum absolute atomic E-state index is 0.0309. The smallest absolute Gasteiger partial charge is 0.236 e. The number of hydrogen-bond acceptors (Lipinski definition) is 3. The van der Waals surface area contributed by atoms with E-state index in [0.29, 0.717) is 13.1 Å². The fourth-order valence-electron chi connectivity index (χ4n) is 0.737. The van der Waals surface area contributed by atoms with Crippen molar-refractivity contribution in [2.24, 2.45) is 0 Å². The summed E-state index contributed by atoms with van der Waals surface area (Å²) in [5.41, 5.74) is 0. The van der Waals surface area contributed by atoms with E-state index in [1.54, 1.807) is 20.9 Å². The Labute approximate surface area is 78.3 Å². The van der Waals surface area contributed by atoms with Gasteiger partial charge in [0.15, 0.2) is 0 Å². The van der Waals surface area contributed by atoms with Gasteiger partial charge in [-0.05, 0) is 6.92 Å². The Kier molecular flexibility index (Phi) is 5.88. The molecule has 13 heavy (non-hydrogen) atoms. The molecule has 0 spiro atoms. The molecule has 0 aliphatic rings. The van der Waals surface area contributed by atoms with Crippen LogP contribution in [0.5, 0.6) is 0 Å². The van der Waals surface area contributed by atoms with Gasteiger partial charge >= 0.3 is 0 Å². The van der Waals surface area contributed by atoms with Crippen molar-refractivity contribution >= 4 is 11.8 Å². The molecule has 5 heteroatoms. The summed E-state index contributed by atoms with van der Waals surface area (Å²) < 4.78 is 0. The third-order valence-electron chi connectivity index (χ3n) is 1.65. The van der Waals surface area contributed by atoms with Crippen LogP contribution in [0.4, 0.5) is 0 Å². The zero-order valence-electron chi connectivity index (χ0n) is 8.31. The molecule has 1 unspecified atom stereocenters. The number of carbonyl (C=O) groups excluding carboxylic acids is 2. The van der Waals surface area contributed by atoms with Gasteiger partial charge in [0.25, 0.3) is 0 Å². The number of likely N-dealkylation sites (N-methyl/N-ethyl adjacent to an activating group) is 1. The SMILES string of the molecule is CCC(=O)NCNC(C)C(=O)NC. The molecule has 0 fully saturated rings. The van der Waals surface area contributed by atoms with Crippen LogP contribution in [0.1, 0.15) is 20.3 Å². The standard InChI is InChI=1S/C8H17N3O2/c1-4-7(12)11-5-10-6(2)8(13)9-3/h6,10H,4-5H2,1-3H3,(H,9,13)(H,11,12). The highest BCUT2D eigenvalue weighted by Gasteiger charge is 2.08. The van der Waals surface area contributed by atoms with Gasteiger partial charge in [0.1, 0.15) is 0 Å². The second-order valence-corrected chi connectivity index (χ2v) is 2.67. The van der Waals surface area contributed by atoms with Crippen LogP contribution in [0.25, 0.3) is 0 Å². The molecule has 76 valence electrons. The van der Waals surface area contributed by atoms with Crippen molar-refractivity contribution in [3.8, 4) is 0 Å². The van der Waals surface area contributed by atoms with Crippen molar-refractivity contribution in [2.75, 3.05) is 13.7 Å². The van der Waals surface area contributed by atoms with Crippen LogP contribution in [0.2, 0.25) is 0 Å². The molecule has 2 amide bonds. The van der Waals surface area contributed by atoms with E-state index in [2.05, 4.69) is 16.0 Å². The van der Waals surface area contributed by atoms with Gasteiger partial charge in [-0.1, -0.05) is 6.92 Å². The summed E-state index contributed by atoms with van der Waals surface area (Å²) in [6.45, 7) is 3.83. The Balaban J connectivity index is 3.53. The number of rotatable bonds is 5. The second-order valence-electron chi connectivity index (χ2n) is 2.67. The Morgan fingerprint density at radius 1 is 1.38 bits per heavy atom. The third-order valence-corrected chi connectivity index (χ3v) is 1.65. The van der Waals surface area contributed by atoms with Gasteiger partial charge in [-0.3, -0.25) is 14.9 Å². The maximum absolute atomic E-state index is 11.0. The third kappa shape index (κ3) is 5.19. The molecular weight excluding hydrogens is 170 g/mol. The number of nitrogens with one attached hydrogen (secondary N) is 3. The van der Waals surface area contributed by atoms with Crippen LogP contribution < -0.4 is 16.0 Å². The molecule has 0 aliphatic carbocycles. The summed E-state index contributed by atoms with van der Waals surface area (Å²) >= 11 is 0. The summed E-state index contributed by atoms with van der Waals surface area (Å²) in [4.78, 5) is 21.8. The average molecular weight is 187 g/mol. The van der Waals surface area contributed by atoms with E-state index in [0.717, 1.165) is 0 Å². The molecular formula is C8H17N3O2. The van der Waals surface area contributed by atoms with Gasteiger partial charge in [-0.15, -0.1) is 0 Å². The van der Waals surface area contributed by atoms with Crippen LogP contribution in [-0.4, -0.2) is 31.6 Å². The monoisotopic (exact) mass is 187 g/mol. The minimum Gasteiger partial charge on any atom is -0.358 e. The molecule has 0 aliphatic heterocycles. The maximum atomic E-state index is 11.0. The summed E-state index contributed by atoms with van der Waals surface area (Å²) in [5.74, 6) is -0.123. The molecule has 0 saturated heterocycles. The van der Waals surface area contributed by atoms with Crippen molar-refractivity contribution < 1.29 is 9.59 Å². The van der Waals surface area contributed by atoms with Gasteiger partial charge < -0.3 is 10.6 Å². The molecule has 3 N–H and O–H groups in total. The summed E-state index contributed by atoms with van der Waals surface area (Å²) in [5, 5.41) is 7.97. The van der Waals surface area contributed by atoms with Gasteiger partial charge in [-0.25, -0.2) is 0 Å². The fourth-order valence-corrected chi connectivity index (χ4v) is 0.737. The lowest BCUT2D eigenvalue weighted by molar-refractivity contribution is -0.123. The van der Waals surface area contributed by atoms with Crippen molar-refractivity contribution in [1.29, 1.82) is 0 Å². The number of amides is 2. The first kappa shape index (κ1) is 11.9. The van der Waals surface area contributed by atoms with E-state index in [4.69, 9.17) is 0 Å². The molecule has 1 atom stereocenters. The van der Waals surface area contributed by atoms with E-state index in [1.165, 1.54) is 0 Å². The lowest BCUT2D eigenvalue weighted by Crippen LogP contribution is -2.45. The zero-order valence-corrected chi connectivity index (χ0v) is 8.31. The predicted molar refractivity (Wildman–Crippen MR) is 50.0 cm³/mol. The normalized spacial score (nSPS) is 11.9. The Hall–Kier alpha value is -1.10. The summed E-state index contributed by atoms with van der Waals surface area (Å²) in [6.07, 6.45) is 0.454. The van der Waals surface area contributed by atoms with Crippen LogP contribution in [0.15, 0.2) is 0 Å². The van der Waals surface area contributed by atoms with E-state index < -0.39 is 0 Å². The van der Waals surface area contributed by atoms with Gasteiger partial charge in [0, 0.05) is 13.5 Å². The topological polar surface area (TPSA) is 70.2 Å². The fraction of sp³-hybridized carbons (Fsp3) is 0.750. The lowest BCUT2D eigenvalue weighted by Gasteiger charge is -2.12. The van der Waals surface area contributed by atoms with E-state index >= 15 is 0 Å². The van der Waals surface area contributed by atoms with Crippen molar-refractivity contribution in [1.82, 2.24) is 16.0 Å². The molecule has 0 bridgehead atoms. The van der Waals surface area contributed by atoms with Crippen molar-refractivity contribution in [3.05, 3.63) is 0 Å². The highest BCUT2D eigenvalue weighted by atomic mass is 16.2. The Morgan fingerprint density at radius 3 is 2.46 bits per heavy atom. The van der Waals surface area contributed by atoms with E-state index in [1.807, 2.05) is 0 Å². The molecule has 0 heterocycles. The predicted octanol–water partition coefficient (Wildman–Crippen LogP) is -0.806. The van der Waals surface area contributed by atoms with Crippen molar-refractivity contribution in [2.45, 2.75) is 26.3 Å². The number of carbonyl (C=O) groups is 2. The van der Waals surface area contributed by atoms with Crippen LogP contribution in [0.3, 0.4) is 0 Å². The largest absolute Gasteiger partial charge is 0.358 e. The quantitative estimate of drug-likeness (QED) is 0.493. The van der Waals surface area contributed by atoms with Crippen molar-refractivity contribution in [3.63, 3.8) is 0 Å². The van der Waals surface area contributed by atoms with E-state index in [-0.39, 0.29) is 17.9 Å². The second kappa shape index (κ2) is 6.42. The zero-order chi connectivity index (χ0) is 10.3. The number of hydrogen-bond donors (Lipinski definition) is 3. The lowest BCUT2D eigenvalue weighted by atomic mass is 10.3. The van der Waals surface area contributed by atoms with E-state index in [9.17, 15) is 9.59 Å².